The Morgan fingerprint density at radius 3 is 2.80 bits per heavy atom. The number of benzene rings is 2. The van der Waals surface area contributed by atoms with Crippen LogP contribution >= 0.6 is 22.6 Å². The Hall–Kier alpha value is -1.11. The number of nitrogens with one attached hydrogen (secondary N) is 1. The third kappa shape index (κ3) is 3.57. The summed E-state index contributed by atoms with van der Waals surface area (Å²) in [4.78, 5) is 2.65. The van der Waals surface area contributed by atoms with Crippen molar-refractivity contribution in [1.82, 2.24) is 4.90 Å². The first-order chi connectivity index (χ1) is 12.3. The molecule has 4 rings (SSSR count). The normalized spacial score (nSPS) is 25.3. The van der Waals surface area contributed by atoms with E-state index in [1.165, 1.54) is 26.8 Å². The lowest BCUT2D eigenvalue weighted by atomic mass is 9.81. The molecule has 25 heavy (non-hydrogen) atoms. The summed E-state index contributed by atoms with van der Waals surface area (Å²) in [5.74, 6) is 0.626. The van der Waals surface area contributed by atoms with Gasteiger partial charge in [-0.15, -0.1) is 0 Å². The minimum atomic E-state index is 0.281. The molecule has 2 aliphatic heterocycles. The number of anilines is 1. The summed E-state index contributed by atoms with van der Waals surface area (Å²) in [6, 6.07) is 18.5. The maximum absolute atomic E-state index is 9.28. The summed E-state index contributed by atoms with van der Waals surface area (Å²) in [5.41, 5.74) is 4.12. The number of hydrogen-bond donors (Lipinski definition) is 2. The molecule has 0 unspecified atom stereocenters. The van der Waals surface area contributed by atoms with Gasteiger partial charge in [0.05, 0.1) is 0 Å². The van der Waals surface area contributed by atoms with E-state index in [4.69, 9.17) is 0 Å². The van der Waals surface area contributed by atoms with E-state index in [0.717, 1.165) is 25.9 Å². The van der Waals surface area contributed by atoms with Gasteiger partial charge < -0.3 is 10.4 Å². The number of halogens is 1. The average Bonchev–Trinajstić information content (AvgIpc) is 3.05. The molecule has 1 fully saturated rings. The molecule has 2 heterocycles. The number of aliphatic hydroxyl groups excluding tert-OH is 1. The van der Waals surface area contributed by atoms with Crippen molar-refractivity contribution in [3.8, 4) is 0 Å². The smallest absolute Gasteiger partial charge is 0.0431 e. The summed E-state index contributed by atoms with van der Waals surface area (Å²) >= 11 is 2.42. The third-order valence-electron chi connectivity index (χ3n) is 5.64. The maximum atomic E-state index is 9.28. The molecule has 132 valence electrons. The number of aliphatic hydroxyl groups is 1. The Labute approximate surface area is 163 Å². The first-order valence-electron chi connectivity index (χ1n) is 9.21. The van der Waals surface area contributed by atoms with Gasteiger partial charge in [-0.25, -0.2) is 0 Å². The third-order valence-corrected chi connectivity index (χ3v) is 6.31. The molecule has 2 aromatic carbocycles. The zero-order valence-electron chi connectivity index (χ0n) is 14.4. The lowest BCUT2D eigenvalue weighted by Gasteiger charge is -2.40. The monoisotopic (exact) mass is 448 g/mol. The van der Waals surface area contributed by atoms with Crippen LogP contribution in [0.4, 0.5) is 5.69 Å². The van der Waals surface area contributed by atoms with Crippen molar-refractivity contribution >= 4 is 28.3 Å². The number of rotatable bonds is 5. The Morgan fingerprint density at radius 1 is 1.16 bits per heavy atom. The van der Waals surface area contributed by atoms with Crippen LogP contribution in [-0.2, 0) is 6.54 Å². The van der Waals surface area contributed by atoms with Gasteiger partial charge in [0.25, 0.3) is 0 Å². The van der Waals surface area contributed by atoms with Crippen LogP contribution in [0.15, 0.2) is 48.5 Å². The van der Waals surface area contributed by atoms with Crippen molar-refractivity contribution in [2.24, 2.45) is 5.92 Å². The molecule has 0 spiro atoms. The molecule has 2 N–H and O–H groups in total. The van der Waals surface area contributed by atoms with Crippen molar-refractivity contribution in [2.45, 2.75) is 37.9 Å². The van der Waals surface area contributed by atoms with Gasteiger partial charge in [0.1, 0.15) is 0 Å². The second-order valence-corrected chi connectivity index (χ2v) is 8.45. The molecule has 0 radical (unpaired) electrons. The molecule has 0 saturated carbocycles. The molecule has 4 heteroatoms. The zero-order valence-corrected chi connectivity index (χ0v) is 16.5. The van der Waals surface area contributed by atoms with Crippen molar-refractivity contribution in [3.05, 3.63) is 63.2 Å². The fourth-order valence-electron chi connectivity index (χ4n) is 4.54. The van der Waals surface area contributed by atoms with Crippen LogP contribution in [0.5, 0.6) is 0 Å². The highest BCUT2D eigenvalue weighted by molar-refractivity contribution is 14.1. The highest BCUT2D eigenvalue weighted by Gasteiger charge is 2.43. The van der Waals surface area contributed by atoms with Crippen molar-refractivity contribution in [1.29, 1.82) is 0 Å². The van der Waals surface area contributed by atoms with Gasteiger partial charge in [0, 0.05) is 40.4 Å². The molecule has 3 nitrogen and oxygen atoms in total. The maximum Gasteiger partial charge on any atom is 0.0431 e. The van der Waals surface area contributed by atoms with Gasteiger partial charge >= 0.3 is 0 Å². The molecule has 0 bridgehead atoms. The zero-order chi connectivity index (χ0) is 17.2. The molecule has 0 amide bonds. The van der Waals surface area contributed by atoms with Gasteiger partial charge in [-0.2, -0.15) is 0 Å². The van der Waals surface area contributed by atoms with Gasteiger partial charge in [0.15, 0.2) is 0 Å². The average molecular weight is 448 g/mol. The van der Waals surface area contributed by atoms with Crippen molar-refractivity contribution in [2.75, 3.05) is 18.5 Å². The van der Waals surface area contributed by atoms with E-state index in [2.05, 4.69) is 81.3 Å². The SMILES string of the molecule is OCCC[C@@H]1Nc2ccc(I)cc2[C@@H]2[C@H]1CCN2Cc1ccccc1. The summed E-state index contributed by atoms with van der Waals surface area (Å²) in [6.07, 6.45) is 3.15. The Balaban J connectivity index is 1.65. The van der Waals surface area contributed by atoms with Crippen molar-refractivity contribution in [3.63, 3.8) is 0 Å². The minimum Gasteiger partial charge on any atom is -0.396 e. The van der Waals surface area contributed by atoms with Crippen LogP contribution in [0, 0.1) is 9.49 Å². The van der Waals surface area contributed by atoms with Crippen molar-refractivity contribution < 1.29 is 5.11 Å². The van der Waals surface area contributed by atoms with Gasteiger partial charge in [-0.1, -0.05) is 30.3 Å². The minimum absolute atomic E-state index is 0.281. The van der Waals surface area contributed by atoms with Crippen LogP contribution < -0.4 is 5.32 Å². The summed E-state index contributed by atoms with van der Waals surface area (Å²) < 4.78 is 1.30. The van der Waals surface area contributed by atoms with E-state index in [9.17, 15) is 5.11 Å². The standard InChI is InChI=1S/C21H25IN2O/c22-16-8-9-20-18(13-16)21-17(19(23-20)7-4-12-25)10-11-24(21)14-15-5-2-1-3-6-15/h1-3,5-6,8-9,13,17,19,21,23,25H,4,7,10-12,14H2/t17-,19-,21-/m0/s1. The van der Waals surface area contributed by atoms with Crippen LogP contribution in [0.2, 0.25) is 0 Å². The first kappa shape index (κ1) is 17.3. The van der Waals surface area contributed by atoms with Gasteiger partial charge in [0.2, 0.25) is 0 Å². The molecular weight excluding hydrogens is 423 g/mol. The van der Waals surface area contributed by atoms with Crippen LogP contribution in [0.25, 0.3) is 0 Å². The van der Waals surface area contributed by atoms with E-state index < -0.39 is 0 Å². The summed E-state index contributed by atoms with van der Waals surface area (Å²) in [7, 11) is 0. The molecule has 2 aliphatic rings. The summed E-state index contributed by atoms with van der Waals surface area (Å²) in [5, 5.41) is 13.1. The molecule has 1 saturated heterocycles. The van der Waals surface area contributed by atoms with Crippen LogP contribution in [-0.4, -0.2) is 29.2 Å². The predicted octanol–water partition coefficient (Wildman–Crippen LogP) is 4.42. The highest BCUT2D eigenvalue weighted by Crippen LogP contribution is 2.48. The van der Waals surface area contributed by atoms with E-state index in [1.54, 1.807) is 0 Å². The van der Waals surface area contributed by atoms with Gasteiger partial charge in [-0.05, 0) is 77.7 Å². The molecular formula is C21H25IN2O. The Morgan fingerprint density at radius 2 is 2.00 bits per heavy atom. The molecule has 2 aromatic rings. The van der Waals surface area contributed by atoms with E-state index >= 15 is 0 Å². The fourth-order valence-corrected chi connectivity index (χ4v) is 5.06. The largest absolute Gasteiger partial charge is 0.396 e. The van der Waals surface area contributed by atoms with E-state index in [0.29, 0.717) is 18.0 Å². The van der Waals surface area contributed by atoms with Crippen LogP contribution in [0.3, 0.4) is 0 Å². The first-order valence-corrected chi connectivity index (χ1v) is 10.3. The lowest BCUT2D eigenvalue weighted by Crippen LogP contribution is -2.39. The predicted molar refractivity (Wildman–Crippen MR) is 111 cm³/mol. The number of nitrogens with zero attached hydrogens (tertiary/aromatic N) is 1. The topological polar surface area (TPSA) is 35.5 Å². The highest BCUT2D eigenvalue weighted by atomic mass is 127. The quantitative estimate of drug-likeness (QED) is 0.665. The second-order valence-electron chi connectivity index (χ2n) is 7.20. The Bertz CT molecular complexity index is 721. The fraction of sp³-hybridized carbons (Fsp3) is 0.429. The second kappa shape index (κ2) is 7.64. The van der Waals surface area contributed by atoms with Crippen LogP contribution in [0.1, 0.15) is 36.4 Å². The molecule has 0 aromatic heterocycles. The summed E-state index contributed by atoms with van der Waals surface area (Å²) in [6.45, 7) is 2.44. The Kier molecular flexibility index (Phi) is 5.29. The number of hydrogen-bond acceptors (Lipinski definition) is 3. The number of fused-ring (bicyclic) bond motifs is 3. The number of likely N-dealkylation sites (tertiary alicyclic amines) is 1. The van der Waals surface area contributed by atoms with E-state index in [-0.39, 0.29) is 6.61 Å². The molecule has 3 atom stereocenters. The lowest BCUT2D eigenvalue weighted by molar-refractivity contribution is 0.197. The van der Waals surface area contributed by atoms with E-state index in [1.807, 2.05) is 0 Å². The van der Waals surface area contributed by atoms with Gasteiger partial charge in [-0.3, -0.25) is 4.90 Å². The molecule has 0 aliphatic carbocycles.